The summed E-state index contributed by atoms with van der Waals surface area (Å²) in [6.07, 6.45) is 2.76. The standard InChI is InChI=1S/C12H17NO4/c1-17-11(16)13-5-3-9-6-10(15)2-4-12(9,7-13)8-14/h8-9H,2-7H2,1H3/t9-,12+/m1/s1. The van der Waals surface area contributed by atoms with Gasteiger partial charge < -0.3 is 14.4 Å². The number of hydrogen-bond donors (Lipinski definition) is 0. The van der Waals surface area contributed by atoms with Gasteiger partial charge in [-0.3, -0.25) is 4.79 Å². The first-order valence-corrected chi connectivity index (χ1v) is 5.92. The quantitative estimate of drug-likeness (QED) is 0.641. The number of ketones is 1. The normalized spacial score (nSPS) is 32.9. The van der Waals surface area contributed by atoms with Crippen LogP contribution in [0.5, 0.6) is 0 Å². The van der Waals surface area contributed by atoms with Crippen molar-refractivity contribution in [3.05, 3.63) is 0 Å². The molecule has 0 aromatic carbocycles. The van der Waals surface area contributed by atoms with Crippen LogP contribution >= 0.6 is 0 Å². The van der Waals surface area contributed by atoms with Crippen molar-refractivity contribution < 1.29 is 19.1 Å². The lowest BCUT2D eigenvalue weighted by Crippen LogP contribution is -2.54. The highest BCUT2D eigenvalue weighted by molar-refractivity contribution is 5.82. The molecule has 5 nitrogen and oxygen atoms in total. The average molecular weight is 239 g/mol. The number of likely N-dealkylation sites (tertiary alicyclic amines) is 1. The van der Waals surface area contributed by atoms with E-state index in [2.05, 4.69) is 4.74 Å². The monoisotopic (exact) mass is 239 g/mol. The molecule has 94 valence electrons. The Morgan fingerprint density at radius 3 is 3.00 bits per heavy atom. The molecular formula is C12H17NO4. The zero-order chi connectivity index (χ0) is 12.5. The average Bonchev–Trinajstić information content (AvgIpc) is 2.37. The van der Waals surface area contributed by atoms with E-state index >= 15 is 0 Å². The summed E-state index contributed by atoms with van der Waals surface area (Å²) in [5.74, 6) is 0.334. The number of carbonyl (C=O) groups is 3. The van der Waals surface area contributed by atoms with Crippen molar-refractivity contribution in [3.8, 4) is 0 Å². The number of Topliss-reactive ketones (excluding diaryl/α,β-unsaturated/α-hetero) is 1. The van der Waals surface area contributed by atoms with E-state index in [0.29, 0.717) is 38.8 Å². The molecule has 2 aliphatic rings. The van der Waals surface area contributed by atoms with E-state index in [0.717, 1.165) is 6.29 Å². The number of aldehydes is 1. The Hall–Kier alpha value is -1.39. The first kappa shape index (κ1) is 12.1. The Balaban J connectivity index is 2.16. The van der Waals surface area contributed by atoms with Crippen LogP contribution in [0.4, 0.5) is 4.79 Å². The maximum absolute atomic E-state index is 11.5. The number of carbonyl (C=O) groups excluding carboxylic acids is 3. The van der Waals surface area contributed by atoms with E-state index in [-0.39, 0.29) is 17.8 Å². The van der Waals surface area contributed by atoms with Gasteiger partial charge in [0.05, 0.1) is 7.11 Å². The maximum atomic E-state index is 11.5. The van der Waals surface area contributed by atoms with Gasteiger partial charge in [0.25, 0.3) is 0 Å². The van der Waals surface area contributed by atoms with Crippen LogP contribution in [-0.4, -0.2) is 43.3 Å². The van der Waals surface area contributed by atoms with Crippen molar-refractivity contribution in [2.45, 2.75) is 25.7 Å². The summed E-state index contributed by atoms with van der Waals surface area (Å²) < 4.78 is 4.68. The predicted octanol–water partition coefficient (Wildman–Crippen LogP) is 1.01. The van der Waals surface area contributed by atoms with Crippen molar-refractivity contribution in [1.29, 1.82) is 0 Å². The molecule has 0 N–H and O–H groups in total. The lowest BCUT2D eigenvalue weighted by molar-refractivity contribution is -0.134. The molecule has 0 aromatic rings. The molecule has 0 aromatic heterocycles. The number of fused-ring (bicyclic) bond motifs is 1. The molecule has 1 saturated heterocycles. The molecule has 1 saturated carbocycles. The lowest BCUT2D eigenvalue weighted by atomic mass is 9.63. The zero-order valence-corrected chi connectivity index (χ0v) is 9.98. The number of piperidine rings is 1. The van der Waals surface area contributed by atoms with Gasteiger partial charge in [-0.05, 0) is 18.8 Å². The van der Waals surface area contributed by atoms with E-state index < -0.39 is 5.41 Å². The summed E-state index contributed by atoms with van der Waals surface area (Å²) in [5, 5.41) is 0. The third-order valence-corrected chi connectivity index (χ3v) is 4.06. The Bertz CT molecular complexity index is 354. The molecule has 1 amide bonds. The fourth-order valence-corrected chi connectivity index (χ4v) is 2.98. The number of ether oxygens (including phenoxy) is 1. The van der Waals surface area contributed by atoms with Crippen LogP contribution in [0.25, 0.3) is 0 Å². The minimum Gasteiger partial charge on any atom is -0.453 e. The van der Waals surface area contributed by atoms with Gasteiger partial charge in [0, 0.05) is 31.3 Å². The van der Waals surface area contributed by atoms with E-state index in [9.17, 15) is 14.4 Å². The first-order chi connectivity index (χ1) is 8.11. The van der Waals surface area contributed by atoms with Crippen LogP contribution in [-0.2, 0) is 14.3 Å². The van der Waals surface area contributed by atoms with Crippen molar-refractivity contribution in [1.82, 2.24) is 4.90 Å². The van der Waals surface area contributed by atoms with E-state index in [1.165, 1.54) is 7.11 Å². The fourth-order valence-electron chi connectivity index (χ4n) is 2.98. The molecule has 0 unspecified atom stereocenters. The molecule has 0 radical (unpaired) electrons. The zero-order valence-electron chi connectivity index (χ0n) is 9.98. The summed E-state index contributed by atoms with van der Waals surface area (Å²) >= 11 is 0. The van der Waals surface area contributed by atoms with E-state index in [4.69, 9.17) is 0 Å². The Kier molecular flexibility index (Phi) is 3.17. The fraction of sp³-hybridized carbons (Fsp3) is 0.750. The third-order valence-electron chi connectivity index (χ3n) is 4.06. The Morgan fingerprint density at radius 2 is 2.35 bits per heavy atom. The van der Waals surface area contributed by atoms with Crippen molar-refractivity contribution in [2.24, 2.45) is 11.3 Å². The van der Waals surface area contributed by atoms with Crippen molar-refractivity contribution >= 4 is 18.2 Å². The molecule has 17 heavy (non-hydrogen) atoms. The molecule has 0 bridgehead atoms. The summed E-state index contributed by atoms with van der Waals surface area (Å²) in [7, 11) is 1.34. The third kappa shape index (κ3) is 2.06. The number of nitrogens with zero attached hydrogens (tertiary/aromatic N) is 1. The van der Waals surface area contributed by atoms with Gasteiger partial charge in [0.2, 0.25) is 0 Å². The molecule has 5 heteroatoms. The van der Waals surface area contributed by atoms with Gasteiger partial charge in [-0.25, -0.2) is 4.79 Å². The van der Waals surface area contributed by atoms with Gasteiger partial charge in [-0.2, -0.15) is 0 Å². The molecule has 1 aliphatic carbocycles. The molecule has 1 aliphatic heterocycles. The predicted molar refractivity (Wildman–Crippen MR) is 59.4 cm³/mol. The van der Waals surface area contributed by atoms with Crippen LogP contribution in [0.2, 0.25) is 0 Å². The van der Waals surface area contributed by atoms with E-state index in [1.54, 1.807) is 4.90 Å². The second-order valence-corrected chi connectivity index (χ2v) is 4.97. The summed E-state index contributed by atoms with van der Waals surface area (Å²) in [6.45, 7) is 0.960. The van der Waals surface area contributed by atoms with Gasteiger partial charge in [0.1, 0.15) is 12.1 Å². The molecule has 2 fully saturated rings. The van der Waals surface area contributed by atoms with E-state index in [1.807, 2.05) is 0 Å². The SMILES string of the molecule is COC(=O)N1CC[C@@H]2CC(=O)CC[C@@]2(C=O)C1. The largest absolute Gasteiger partial charge is 0.453 e. The molecule has 0 spiro atoms. The molecule has 2 atom stereocenters. The second-order valence-electron chi connectivity index (χ2n) is 4.97. The number of hydrogen-bond acceptors (Lipinski definition) is 4. The van der Waals surface area contributed by atoms with Crippen molar-refractivity contribution in [2.75, 3.05) is 20.2 Å². The van der Waals surface area contributed by atoms with Crippen LogP contribution in [0.1, 0.15) is 25.7 Å². The van der Waals surface area contributed by atoms with Crippen LogP contribution in [0, 0.1) is 11.3 Å². The molecule has 2 rings (SSSR count). The topological polar surface area (TPSA) is 63.7 Å². The highest BCUT2D eigenvalue weighted by Crippen LogP contribution is 2.43. The smallest absolute Gasteiger partial charge is 0.409 e. The number of amides is 1. The number of methoxy groups -OCH3 is 1. The second kappa shape index (κ2) is 4.47. The van der Waals surface area contributed by atoms with Crippen LogP contribution in [0.15, 0.2) is 0 Å². The highest BCUT2D eigenvalue weighted by Gasteiger charge is 2.47. The van der Waals surface area contributed by atoms with Crippen LogP contribution in [0.3, 0.4) is 0 Å². The Morgan fingerprint density at radius 1 is 1.59 bits per heavy atom. The van der Waals surface area contributed by atoms with Crippen LogP contribution < -0.4 is 0 Å². The maximum Gasteiger partial charge on any atom is 0.409 e. The first-order valence-electron chi connectivity index (χ1n) is 5.92. The minimum absolute atomic E-state index is 0.0992. The van der Waals surface area contributed by atoms with Crippen molar-refractivity contribution in [3.63, 3.8) is 0 Å². The summed E-state index contributed by atoms with van der Waals surface area (Å²) in [5.41, 5.74) is -0.527. The van der Waals surface area contributed by atoms with Gasteiger partial charge in [-0.15, -0.1) is 0 Å². The lowest BCUT2D eigenvalue weighted by Gasteiger charge is -2.46. The minimum atomic E-state index is -0.527. The van der Waals surface area contributed by atoms with Gasteiger partial charge >= 0.3 is 6.09 Å². The highest BCUT2D eigenvalue weighted by atomic mass is 16.5. The van der Waals surface area contributed by atoms with Gasteiger partial charge in [0.15, 0.2) is 0 Å². The Labute approximate surface area is 100 Å². The molecular weight excluding hydrogens is 222 g/mol. The van der Waals surface area contributed by atoms with Gasteiger partial charge in [-0.1, -0.05) is 0 Å². The summed E-state index contributed by atoms with van der Waals surface area (Å²) in [6, 6.07) is 0. The number of rotatable bonds is 1. The summed E-state index contributed by atoms with van der Waals surface area (Å²) in [4.78, 5) is 35.9. The molecule has 1 heterocycles.